The minimum Gasteiger partial charge on any atom is -0.463 e. The Hall–Kier alpha value is -1.03. The highest BCUT2D eigenvalue weighted by atomic mass is 28.4. The van der Waals surface area contributed by atoms with Crippen LogP contribution in [0.25, 0.3) is 0 Å². The largest absolute Gasteiger partial charge is 0.463 e. The quantitative estimate of drug-likeness (QED) is 0.410. The van der Waals surface area contributed by atoms with Crippen molar-refractivity contribution in [1.29, 1.82) is 0 Å². The third-order valence-electron chi connectivity index (χ3n) is 1.05. The zero-order valence-corrected chi connectivity index (χ0v) is 8.57. The van der Waals surface area contributed by atoms with E-state index in [-0.39, 0.29) is 0 Å². The third kappa shape index (κ3) is 3.38. The Balaban J connectivity index is 2.42. The van der Waals surface area contributed by atoms with E-state index in [1.54, 1.807) is 12.5 Å². The molecule has 1 aromatic rings. The smallest absolute Gasteiger partial charge is 0.278 e. The van der Waals surface area contributed by atoms with E-state index in [2.05, 4.69) is 24.8 Å². The van der Waals surface area contributed by atoms with Crippen LogP contribution in [0.3, 0.4) is 0 Å². The van der Waals surface area contributed by atoms with Crippen LogP contribution in [0.1, 0.15) is 5.76 Å². The van der Waals surface area contributed by atoms with Gasteiger partial charge in [-0.25, -0.2) is 0 Å². The summed E-state index contributed by atoms with van der Waals surface area (Å²) < 4.78 is 10.3. The molecule has 66 valence electrons. The molecule has 1 aromatic heterocycles. The second-order valence-electron chi connectivity index (χ2n) is 3.45. The van der Waals surface area contributed by atoms with Crippen LogP contribution in [-0.4, -0.2) is 14.5 Å². The first-order valence-electron chi connectivity index (χ1n) is 3.83. The summed E-state index contributed by atoms with van der Waals surface area (Å²) in [6.45, 7) is 6.23. The van der Waals surface area contributed by atoms with Crippen molar-refractivity contribution in [3.63, 3.8) is 0 Å². The summed E-state index contributed by atoms with van der Waals surface area (Å²) in [6, 6.07) is 3.65. The molecule has 0 aliphatic carbocycles. The van der Waals surface area contributed by atoms with E-state index in [1.807, 2.05) is 12.1 Å². The van der Waals surface area contributed by atoms with Gasteiger partial charge in [-0.05, 0) is 31.8 Å². The number of hydrogen-bond acceptors (Lipinski definition) is 3. The molecule has 0 aromatic carbocycles. The average Bonchev–Trinajstić information content (AvgIpc) is 2.36. The summed E-state index contributed by atoms with van der Waals surface area (Å²) in [5, 5.41) is 3.83. The highest BCUT2D eigenvalue weighted by Crippen LogP contribution is 2.03. The standard InChI is InChI=1S/C8H13NO2Si/c1-12(2,3)11-9-7-8-5-4-6-10-8/h4-7H,1-3H3. The third-order valence-corrected chi connectivity index (χ3v) is 1.70. The van der Waals surface area contributed by atoms with E-state index in [0.29, 0.717) is 5.76 Å². The van der Waals surface area contributed by atoms with Gasteiger partial charge in [-0.15, -0.1) is 5.16 Å². The zero-order valence-electron chi connectivity index (χ0n) is 7.57. The zero-order chi connectivity index (χ0) is 9.03. The molecular weight excluding hydrogens is 170 g/mol. The molecule has 0 fully saturated rings. The van der Waals surface area contributed by atoms with Crippen LogP contribution in [0.2, 0.25) is 19.6 Å². The van der Waals surface area contributed by atoms with Crippen LogP contribution in [-0.2, 0) is 4.53 Å². The highest BCUT2D eigenvalue weighted by molar-refractivity contribution is 6.69. The van der Waals surface area contributed by atoms with Crippen molar-refractivity contribution in [1.82, 2.24) is 0 Å². The monoisotopic (exact) mass is 183 g/mol. The molecule has 12 heavy (non-hydrogen) atoms. The Bertz CT molecular complexity index is 249. The van der Waals surface area contributed by atoms with E-state index < -0.39 is 8.32 Å². The number of furan rings is 1. The lowest BCUT2D eigenvalue weighted by molar-refractivity contribution is 0.337. The minimum atomic E-state index is -1.53. The molecule has 1 rings (SSSR count). The van der Waals surface area contributed by atoms with Crippen molar-refractivity contribution in [3.05, 3.63) is 24.2 Å². The van der Waals surface area contributed by atoms with Crippen LogP contribution in [0.4, 0.5) is 0 Å². The van der Waals surface area contributed by atoms with Crippen molar-refractivity contribution in [2.45, 2.75) is 19.6 Å². The minimum absolute atomic E-state index is 0.716. The van der Waals surface area contributed by atoms with Gasteiger partial charge >= 0.3 is 0 Å². The predicted molar refractivity (Wildman–Crippen MR) is 50.7 cm³/mol. The van der Waals surface area contributed by atoms with Gasteiger partial charge in [0.2, 0.25) is 0 Å². The normalized spacial score (nSPS) is 12.2. The van der Waals surface area contributed by atoms with E-state index in [9.17, 15) is 0 Å². The maximum atomic E-state index is 5.25. The van der Waals surface area contributed by atoms with Gasteiger partial charge in [0.15, 0.2) is 0 Å². The Morgan fingerprint density at radius 1 is 1.50 bits per heavy atom. The number of rotatable bonds is 3. The van der Waals surface area contributed by atoms with Crippen molar-refractivity contribution in [2.24, 2.45) is 5.16 Å². The fourth-order valence-corrected chi connectivity index (χ4v) is 0.970. The number of oxime groups is 1. The Morgan fingerprint density at radius 3 is 2.75 bits per heavy atom. The predicted octanol–water partition coefficient (Wildman–Crippen LogP) is 2.47. The second kappa shape index (κ2) is 3.58. The topological polar surface area (TPSA) is 34.7 Å². The average molecular weight is 183 g/mol. The first kappa shape index (κ1) is 9.06. The molecule has 0 unspecified atom stereocenters. The number of hydrogen-bond donors (Lipinski definition) is 0. The summed E-state index contributed by atoms with van der Waals surface area (Å²) in [5.41, 5.74) is 0. The molecule has 4 heteroatoms. The van der Waals surface area contributed by atoms with Gasteiger partial charge in [-0.3, -0.25) is 0 Å². The molecule has 0 bridgehead atoms. The molecule has 0 aliphatic rings. The van der Waals surface area contributed by atoms with E-state index in [4.69, 9.17) is 8.94 Å². The van der Waals surface area contributed by atoms with E-state index in [0.717, 1.165) is 0 Å². The van der Waals surface area contributed by atoms with Gasteiger partial charge < -0.3 is 8.94 Å². The fourth-order valence-electron chi connectivity index (χ4n) is 0.601. The van der Waals surface area contributed by atoms with Crippen molar-refractivity contribution in [2.75, 3.05) is 0 Å². The Morgan fingerprint density at radius 2 is 2.25 bits per heavy atom. The lowest BCUT2D eigenvalue weighted by Crippen LogP contribution is -2.22. The summed E-state index contributed by atoms with van der Waals surface area (Å²) in [7, 11) is -1.53. The first-order chi connectivity index (χ1) is 5.58. The fraction of sp³-hybridized carbons (Fsp3) is 0.375. The summed E-state index contributed by atoms with van der Waals surface area (Å²) in [5.74, 6) is 0.716. The van der Waals surface area contributed by atoms with Crippen LogP contribution in [0.15, 0.2) is 28.0 Å². The van der Waals surface area contributed by atoms with Crippen LogP contribution in [0.5, 0.6) is 0 Å². The van der Waals surface area contributed by atoms with Gasteiger partial charge in [0, 0.05) is 0 Å². The van der Waals surface area contributed by atoms with E-state index in [1.165, 1.54) is 0 Å². The maximum absolute atomic E-state index is 5.25. The molecule has 0 N–H and O–H groups in total. The van der Waals surface area contributed by atoms with Crippen molar-refractivity contribution in [3.8, 4) is 0 Å². The molecule has 0 amide bonds. The Labute approximate surface area is 73.2 Å². The molecule has 0 spiro atoms. The van der Waals surface area contributed by atoms with Gasteiger partial charge in [0.05, 0.1) is 6.26 Å². The lowest BCUT2D eigenvalue weighted by Gasteiger charge is -2.11. The maximum Gasteiger partial charge on any atom is 0.278 e. The first-order valence-corrected chi connectivity index (χ1v) is 7.24. The number of nitrogens with zero attached hydrogens (tertiary/aromatic N) is 1. The van der Waals surface area contributed by atoms with Gasteiger partial charge in [0.1, 0.15) is 12.0 Å². The van der Waals surface area contributed by atoms with E-state index >= 15 is 0 Å². The van der Waals surface area contributed by atoms with Crippen molar-refractivity contribution < 1.29 is 8.94 Å². The molecule has 0 atom stereocenters. The lowest BCUT2D eigenvalue weighted by atomic mass is 10.5. The molecule has 0 saturated heterocycles. The molecule has 1 heterocycles. The summed E-state index contributed by atoms with van der Waals surface area (Å²) in [4.78, 5) is 0. The molecular formula is C8H13NO2Si. The van der Waals surface area contributed by atoms with Gasteiger partial charge in [0.25, 0.3) is 8.32 Å². The van der Waals surface area contributed by atoms with Gasteiger partial charge in [-0.2, -0.15) is 0 Å². The summed E-state index contributed by atoms with van der Waals surface area (Å²) in [6.07, 6.45) is 3.19. The van der Waals surface area contributed by atoms with Gasteiger partial charge in [-0.1, -0.05) is 0 Å². The summed E-state index contributed by atoms with van der Waals surface area (Å²) >= 11 is 0. The molecule has 3 nitrogen and oxygen atoms in total. The molecule has 0 saturated carbocycles. The SMILES string of the molecule is C[Si](C)(C)ON=Cc1ccco1. The molecule has 0 radical (unpaired) electrons. The van der Waals surface area contributed by atoms with Crippen LogP contribution in [0, 0.1) is 0 Å². The Kier molecular flexibility index (Phi) is 2.70. The highest BCUT2D eigenvalue weighted by Gasteiger charge is 2.15. The molecule has 0 aliphatic heterocycles. The van der Waals surface area contributed by atoms with Crippen LogP contribution < -0.4 is 0 Å². The van der Waals surface area contributed by atoms with Crippen molar-refractivity contribution >= 4 is 14.5 Å². The van der Waals surface area contributed by atoms with Crippen LogP contribution >= 0.6 is 0 Å². The second-order valence-corrected chi connectivity index (χ2v) is 7.86.